The number of alkyl halides is 3. The van der Waals surface area contributed by atoms with Crippen LogP contribution in [0.4, 0.5) is 13.2 Å². The van der Waals surface area contributed by atoms with Gasteiger partial charge in [-0.3, -0.25) is 4.57 Å². The molecule has 0 aliphatic carbocycles. The monoisotopic (exact) mass is 562 g/mol. The van der Waals surface area contributed by atoms with E-state index >= 15 is 0 Å². The highest BCUT2D eigenvalue weighted by Crippen LogP contribution is 2.38. The van der Waals surface area contributed by atoms with Gasteiger partial charge in [0.1, 0.15) is 23.9 Å². The second kappa shape index (κ2) is 10.2. The topological polar surface area (TPSA) is 62.6 Å². The average molecular weight is 563 g/mol. The van der Waals surface area contributed by atoms with Crippen LogP contribution in [0.5, 0.6) is 23.1 Å². The average Bonchev–Trinajstić information content (AvgIpc) is 2.88. The Morgan fingerprint density at radius 3 is 2.42 bits per heavy atom. The molecule has 0 radical (unpaired) electrons. The molecule has 0 amide bonds. The Balaban J connectivity index is 1.33. The smallest absolute Gasteiger partial charge is 0.417 e. The van der Waals surface area contributed by atoms with Crippen LogP contribution < -0.4 is 19.9 Å². The van der Waals surface area contributed by atoms with Crippen LogP contribution in [0.15, 0.2) is 65.5 Å². The first kappa shape index (κ1) is 25.9. The molecule has 0 saturated carbocycles. The Bertz CT molecular complexity index is 1590. The van der Waals surface area contributed by atoms with Gasteiger partial charge in [0.05, 0.1) is 28.4 Å². The van der Waals surface area contributed by atoms with E-state index in [2.05, 4.69) is 4.98 Å². The molecule has 2 heterocycles. The fraction of sp³-hybridized carbons (Fsp3) is 0.185. The van der Waals surface area contributed by atoms with E-state index in [4.69, 9.17) is 37.4 Å². The molecule has 0 spiro atoms. The minimum Gasteiger partial charge on any atom is -0.497 e. The van der Waals surface area contributed by atoms with E-state index in [0.717, 1.165) is 29.0 Å². The normalized spacial score (nSPS) is 12.5. The fourth-order valence-electron chi connectivity index (χ4n) is 4.17. The molecule has 0 saturated heterocycles. The number of ether oxygens (including phenoxy) is 3. The van der Waals surface area contributed by atoms with Gasteiger partial charge >= 0.3 is 11.9 Å². The van der Waals surface area contributed by atoms with Crippen LogP contribution in [-0.4, -0.2) is 16.7 Å². The van der Waals surface area contributed by atoms with E-state index < -0.39 is 22.5 Å². The van der Waals surface area contributed by atoms with Crippen molar-refractivity contribution in [2.45, 2.75) is 25.7 Å². The van der Waals surface area contributed by atoms with E-state index in [1.54, 1.807) is 29.9 Å². The Morgan fingerprint density at radius 2 is 1.68 bits per heavy atom. The first-order chi connectivity index (χ1) is 18.1. The van der Waals surface area contributed by atoms with Gasteiger partial charge in [0.15, 0.2) is 0 Å². The van der Waals surface area contributed by atoms with Crippen molar-refractivity contribution in [3.63, 3.8) is 0 Å². The van der Waals surface area contributed by atoms with Crippen molar-refractivity contribution in [2.75, 3.05) is 7.11 Å². The number of nitrogens with zero attached hydrogens (tertiary/aromatic N) is 2. The van der Waals surface area contributed by atoms with E-state index in [-0.39, 0.29) is 29.0 Å². The summed E-state index contributed by atoms with van der Waals surface area (Å²) in [5.41, 5.74) is 1.80. The summed E-state index contributed by atoms with van der Waals surface area (Å²) in [6.45, 7) is 0.497. The van der Waals surface area contributed by atoms with Gasteiger partial charge < -0.3 is 14.2 Å². The number of aromatic nitrogens is 2. The molecule has 1 aliphatic heterocycles. The largest absolute Gasteiger partial charge is 0.497 e. The van der Waals surface area contributed by atoms with Gasteiger partial charge in [-0.25, -0.2) is 4.79 Å². The maximum atomic E-state index is 13.1. The number of halogens is 5. The summed E-state index contributed by atoms with van der Waals surface area (Å²) >= 11 is 12.0. The Morgan fingerprint density at radius 1 is 0.947 bits per heavy atom. The summed E-state index contributed by atoms with van der Waals surface area (Å²) in [4.78, 5) is 16.7. The number of aryl methyl sites for hydroxylation is 1. The molecule has 38 heavy (non-hydrogen) atoms. The number of methoxy groups -OCH3 is 1. The highest BCUT2D eigenvalue weighted by molar-refractivity contribution is 6.31. The molecular weight excluding hydrogens is 544 g/mol. The minimum atomic E-state index is -4.61. The van der Waals surface area contributed by atoms with Crippen LogP contribution in [0.25, 0.3) is 11.3 Å². The van der Waals surface area contributed by atoms with Crippen LogP contribution in [-0.2, 0) is 25.7 Å². The lowest BCUT2D eigenvalue weighted by molar-refractivity contribution is -0.137. The summed E-state index contributed by atoms with van der Waals surface area (Å²) in [6, 6.07) is 15.3. The maximum Gasteiger partial charge on any atom is 0.417 e. The van der Waals surface area contributed by atoms with Gasteiger partial charge in [-0.2, -0.15) is 18.2 Å². The third-order valence-electron chi connectivity index (χ3n) is 6.06. The van der Waals surface area contributed by atoms with Crippen molar-refractivity contribution in [3.8, 4) is 34.4 Å². The number of hydrogen-bond donors (Lipinski definition) is 0. The molecule has 3 aromatic carbocycles. The van der Waals surface area contributed by atoms with Gasteiger partial charge in [-0.1, -0.05) is 29.3 Å². The zero-order valence-electron chi connectivity index (χ0n) is 19.8. The molecule has 1 aromatic heterocycles. The lowest BCUT2D eigenvalue weighted by Gasteiger charge is -2.22. The molecule has 0 unspecified atom stereocenters. The predicted octanol–water partition coefficient (Wildman–Crippen LogP) is 7.17. The molecule has 0 atom stereocenters. The van der Waals surface area contributed by atoms with E-state index in [9.17, 15) is 18.0 Å². The van der Waals surface area contributed by atoms with Gasteiger partial charge in [-0.05, 0) is 60.5 Å². The van der Waals surface area contributed by atoms with Crippen LogP contribution >= 0.6 is 23.2 Å². The maximum absolute atomic E-state index is 13.1. The first-order valence-electron chi connectivity index (χ1n) is 11.4. The summed E-state index contributed by atoms with van der Waals surface area (Å²) in [5, 5.41) is -0.159. The zero-order chi connectivity index (χ0) is 27.0. The second-order valence-electron chi connectivity index (χ2n) is 8.47. The molecule has 6 nitrogen and oxygen atoms in total. The molecule has 0 N–H and O–H groups in total. The molecular formula is C27H19Cl2F3N2O4. The lowest BCUT2D eigenvalue weighted by Crippen LogP contribution is -2.28. The fourth-order valence-corrected chi connectivity index (χ4v) is 4.62. The van der Waals surface area contributed by atoms with Crippen molar-refractivity contribution in [2.24, 2.45) is 0 Å². The number of benzene rings is 3. The Hall–Kier alpha value is -3.69. The van der Waals surface area contributed by atoms with E-state index in [1.807, 2.05) is 18.2 Å². The number of rotatable bonds is 6. The molecule has 4 aromatic rings. The third-order valence-corrected chi connectivity index (χ3v) is 6.74. The molecule has 11 heteroatoms. The number of hydrogen-bond acceptors (Lipinski definition) is 5. The zero-order valence-corrected chi connectivity index (χ0v) is 21.3. The summed E-state index contributed by atoms with van der Waals surface area (Å²) in [7, 11) is 1.60. The first-order valence-corrected chi connectivity index (χ1v) is 12.1. The van der Waals surface area contributed by atoms with E-state index in [0.29, 0.717) is 24.2 Å². The van der Waals surface area contributed by atoms with Crippen LogP contribution in [0.2, 0.25) is 10.0 Å². The summed E-state index contributed by atoms with van der Waals surface area (Å²) < 4.78 is 57.6. The predicted molar refractivity (Wildman–Crippen MR) is 137 cm³/mol. The molecule has 196 valence electrons. The van der Waals surface area contributed by atoms with Crippen molar-refractivity contribution in [1.82, 2.24) is 9.55 Å². The minimum absolute atomic E-state index is 0.00361. The molecule has 1 aliphatic rings. The van der Waals surface area contributed by atoms with Crippen molar-refractivity contribution in [1.29, 1.82) is 0 Å². The van der Waals surface area contributed by atoms with Crippen molar-refractivity contribution < 1.29 is 27.4 Å². The SMILES string of the molecule is COc1ccc2c(c1)CCn1c-2cc(OCc2ccc(Oc3ccc(Cl)c(C(F)(F)F)c3)cc2Cl)nc1=O. The van der Waals surface area contributed by atoms with Gasteiger partial charge in [0, 0.05) is 23.7 Å². The second-order valence-corrected chi connectivity index (χ2v) is 9.28. The lowest BCUT2D eigenvalue weighted by atomic mass is 9.97. The molecule has 0 bridgehead atoms. The summed E-state index contributed by atoms with van der Waals surface area (Å²) in [6.07, 6.45) is -3.93. The molecule has 5 rings (SSSR count). The van der Waals surface area contributed by atoms with Crippen LogP contribution in [0.1, 0.15) is 16.7 Å². The molecule has 0 fully saturated rings. The van der Waals surface area contributed by atoms with Crippen molar-refractivity contribution >= 4 is 23.2 Å². The Kier molecular flexibility index (Phi) is 6.98. The third kappa shape index (κ3) is 5.30. The van der Waals surface area contributed by atoms with Crippen molar-refractivity contribution in [3.05, 3.63) is 97.9 Å². The van der Waals surface area contributed by atoms with Gasteiger partial charge in [-0.15, -0.1) is 0 Å². The number of fused-ring (bicyclic) bond motifs is 3. The van der Waals surface area contributed by atoms with Crippen LogP contribution in [0.3, 0.4) is 0 Å². The Labute approximate surface area is 225 Å². The quantitative estimate of drug-likeness (QED) is 0.249. The summed E-state index contributed by atoms with van der Waals surface area (Å²) in [5.74, 6) is 1.07. The highest BCUT2D eigenvalue weighted by atomic mass is 35.5. The van der Waals surface area contributed by atoms with Crippen LogP contribution in [0, 0.1) is 0 Å². The standard InChI is InChI=1S/C27H19Cl2F3N2O4/c1-36-17-4-6-20-15(10-17)8-9-34-24(20)13-25(33-26(34)35)37-14-16-2-3-19(12-23(16)29)38-18-5-7-22(28)21(11-18)27(30,31)32/h2-7,10-13H,8-9,14H2,1H3. The van der Waals surface area contributed by atoms with E-state index in [1.165, 1.54) is 12.1 Å². The van der Waals surface area contributed by atoms with Gasteiger partial charge in [0.2, 0.25) is 5.88 Å². The highest BCUT2D eigenvalue weighted by Gasteiger charge is 2.33. The van der Waals surface area contributed by atoms with Gasteiger partial charge in [0.25, 0.3) is 0 Å².